The summed E-state index contributed by atoms with van der Waals surface area (Å²) in [6, 6.07) is 5.96. The number of aromatic nitrogens is 2. The van der Waals surface area contributed by atoms with Crippen LogP contribution in [0.5, 0.6) is 5.75 Å². The van der Waals surface area contributed by atoms with Crippen LogP contribution in [0, 0.1) is 4.77 Å². The van der Waals surface area contributed by atoms with Crippen LogP contribution in [0.25, 0.3) is 10.2 Å². The Morgan fingerprint density at radius 3 is 2.83 bits per heavy atom. The zero-order valence-corrected chi connectivity index (χ0v) is 17.8. The molecule has 0 bridgehead atoms. The molecule has 150 valence electrons. The van der Waals surface area contributed by atoms with Crippen LogP contribution in [0.1, 0.15) is 35.1 Å². The monoisotopic (exact) mass is 429 g/mol. The number of H-pyrrole nitrogens is 1. The molecule has 9 heteroatoms. The lowest BCUT2D eigenvalue weighted by molar-refractivity contribution is -0.120. The molecule has 1 aromatic carbocycles. The zero-order chi connectivity index (χ0) is 20.9. The van der Waals surface area contributed by atoms with Gasteiger partial charge in [-0.3, -0.25) is 19.0 Å². The van der Waals surface area contributed by atoms with Gasteiger partial charge in [0.1, 0.15) is 10.6 Å². The Balaban J connectivity index is 1.76. The summed E-state index contributed by atoms with van der Waals surface area (Å²) in [6.45, 7) is 3.64. The molecule has 29 heavy (non-hydrogen) atoms. The maximum Gasteiger partial charge on any atom is 0.264 e. The van der Waals surface area contributed by atoms with Gasteiger partial charge in [-0.15, -0.1) is 11.3 Å². The Bertz CT molecular complexity index is 1270. The number of hydrogen-bond acceptors (Lipinski definition) is 6. The summed E-state index contributed by atoms with van der Waals surface area (Å²) < 4.78 is 6.93. The first-order chi connectivity index (χ1) is 13.8. The van der Waals surface area contributed by atoms with Crippen LogP contribution in [0.4, 0.5) is 5.69 Å². The maximum absolute atomic E-state index is 13.2. The van der Waals surface area contributed by atoms with E-state index in [4.69, 9.17) is 17.0 Å². The Morgan fingerprint density at radius 1 is 1.34 bits per heavy atom. The zero-order valence-electron chi connectivity index (χ0n) is 16.1. The van der Waals surface area contributed by atoms with Gasteiger partial charge in [0.05, 0.1) is 17.1 Å². The van der Waals surface area contributed by atoms with Gasteiger partial charge in [0.15, 0.2) is 17.2 Å². The van der Waals surface area contributed by atoms with E-state index < -0.39 is 6.04 Å². The van der Waals surface area contributed by atoms with Crippen LogP contribution in [-0.4, -0.2) is 34.9 Å². The Morgan fingerprint density at radius 2 is 2.10 bits per heavy atom. The predicted molar refractivity (Wildman–Crippen MR) is 115 cm³/mol. The molecular formula is C20H19N3O4S2. The molecule has 0 saturated heterocycles. The van der Waals surface area contributed by atoms with E-state index in [1.165, 1.54) is 20.8 Å². The number of aryl methyl sites for hydroxylation is 1. The summed E-state index contributed by atoms with van der Waals surface area (Å²) in [5.41, 5.74) is 0.620. The quantitative estimate of drug-likeness (QED) is 0.507. The van der Waals surface area contributed by atoms with E-state index in [1.54, 1.807) is 32.2 Å². The number of carbonyl (C=O) groups is 2. The lowest BCUT2D eigenvalue weighted by atomic mass is 10.0. The maximum atomic E-state index is 13.2. The fraction of sp³-hybridized carbons (Fsp3) is 0.300. The molecule has 0 fully saturated rings. The van der Waals surface area contributed by atoms with Crippen molar-refractivity contribution < 1.29 is 14.3 Å². The molecule has 7 nitrogen and oxygen atoms in total. The average molecular weight is 430 g/mol. The fourth-order valence-electron chi connectivity index (χ4n) is 3.38. The number of benzene rings is 1. The molecule has 1 atom stereocenters. The molecule has 0 spiro atoms. The first-order valence-electron chi connectivity index (χ1n) is 9.16. The lowest BCUT2D eigenvalue weighted by Crippen LogP contribution is -2.35. The Hall–Kier alpha value is -2.78. The van der Waals surface area contributed by atoms with Crippen molar-refractivity contribution in [3.8, 4) is 5.75 Å². The number of Topliss-reactive ketones (excluding diaryl/α,β-unsaturated/α-hetero) is 1. The fourth-order valence-corrected chi connectivity index (χ4v) is 4.78. The van der Waals surface area contributed by atoms with Crippen molar-refractivity contribution in [1.29, 1.82) is 0 Å². The third-order valence-electron chi connectivity index (χ3n) is 5.12. The van der Waals surface area contributed by atoms with Crippen molar-refractivity contribution >= 4 is 51.1 Å². The summed E-state index contributed by atoms with van der Waals surface area (Å²) in [5.74, 6) is 0.0760. The molecule has 2 aromatic heterocycles. The van der Waals surface area contributed by atoms with Crippen molar-refractivity contribution in [1.82, 2.24) is 9.55 Å². The van der Waals surface area contributed by atoms with Crippen molar-refractivity contribution in [3.63, 3.8) is 0 Å². The van der Waals surface area contributed by atoms with Gasteiger partial charge in [0.2, 0.25) is 0 Å². The highest BCUT2D eigenvalue weighted by Gasteiger charge is 2.26. The van der Waals surface area contributed by atoms with Crippen molar-refractivity contribution in [2.45, 2.75) is 26.3 Å². The SMILES string of the molecule is CCc1cc2c(=O)n(C(C)C(=O)c3ccc4c(c3)N(C)C(=O)CO4)c(=S)[nH]c2s1. The molecule has 1 aliphatic heterocycles. The number of ketones is 1. The summed E-state index contributed by atoms with van der Waals surface area (Å²) in [5, 5.41) is 0.532. The average Bonchev–Trinajstić information content (AvgIpc) is 3.13. The summed E-state index contributed by atoms with van der Waals surface area (Å²) in [7, 11) is 1.64. The normalized spacial score (nSPS) is 14.6. The topological polar surface area (TPSA) is 84.4 Å². The number of nitrogens with zero attached hydrogens (tertiary/aromatic N) is 2. The number of amides is 1. The van der Waals surface area contributed by atoms with Gasteiger partial charge in [0, 0.05) is 17.5 Å². The lowest BCUT2D eigenvalue weighted by Gasteiger charge is -2.26. The van der Waals surface area contributed by atoms with E-state index in [0.717, 1.165) is 16.1 Å². The van der Waals surface area contributed by atoms with E-state index >= 15 is 0 Å². The molecule has 1 N–H and O–H groups in total. The first-order valence-corrected chi connectivity index (χ1v) is 10.4. The number of anilines is 1. The van der Waals surface area contributed by atoms with Crippen LogP contribution in [0.2, 0.25) is 0 Å². The molecule has 0 radical (unpaired) electrons. The minimum absolute atomic E-state index is 0.0296. The number of aromatic amines is 1. The second-order valence-electron chi connectivity index (χ2n) is 6.88. The highest BCUT2D eigenvalue weighted by molar-refractivity contribution is 7.71. The number of likely N-dealkylation sites (N-methyl/N-ethyl adjacent to an activating group) is 1. The van der Waals surface area contributed by atoms with Gasteiger partial charge in [0.25, 0.3) is 11.5 Å². The summed E-state index contributed by atoms with van der Waals surface area (Å²) in [6.07, 6.45) is 0.817. The number of thiophene rings is 1. The highest BCUT2D eigenvalue weighted by Crippen LogP contribution is 2.33. The largest absolute Gasteiger partial charge is 0.482 e. The predicted octanol–water partition coefficient (Wildman–Crippen LogP) is 3.48. The number of rotatable bonds is 4. The molecule has 1 aliphatic rings. The molecule has 1 unspecified atom stereocenters. The van der Waals surface area contributed by atoms with Crippen molar-refractivity contribution in [2.24, 2.45) is 0 Å². The van der Waals surface area contributed by atoms with E-state index in [2.05, 4.69) is 4.98 Å². The number of carbonyl (C=O) groups excluding carboxylic acids is 2. The molecule has 3 aromatic rings. The Kier molecular flexibility index (Phi) is 4.87. The standard InChI is InChI=1S/C20H19N3O4S2/c1-4-12-8-13-18(29-12)21-20(28)23(19(13)26)10(2)17(25)11-5-6-15-14(7-11)22(3)16(24)9-27-15/h5-8,10H,4,9H2,1-3H3,(H,21,28). The second-order valence-corrected chi connectivity index (χ2v) is 8.40. The van der Waals surface area contributed by atoms with Crippen molar-refractivity contribution in [3.05, 3.63) is 49.8 Å². The molecule has 3 heterocycles. The third kappa shape index (κ3) is 3.20. The second kappa shape index (κ2) is 7.23. The molecular weight excluding hydrogens is 410 g/mol. The number of fused-ring (bicyclic) bond motifs is 2. The van der Waals surface area contributed by atoms with Gasteiger partial charge >= 0.3 is 0 Å². The summed E-state index contributed by atoms with van der Waals surface area (Å²) in [4.78, 5) is 44.4. The molecule has 4 rings (SSSR count). The van der Waals surface area contributed by atoms with Gasteiger partial charge in [-0.25, -0.2) is 0 Å². The molecule has 0 aliphatic carbocycles. The number of ether oxygens (including phenoxy) is 1. The molecule has 0 saturated carbocycles. The van der Waals surface area contributed by atoms with Gasteiger partial charge in [-0.2, -0.15) is 0 Å². The number of nitrogens with one attached hydrogen (secondary N) is 1. The van der Waals surface area contributed by atoms with Crippen LogP contribution in [0.3, 0.4) is 0 Å². The smallest absolute Gasteiger partial charge is 0.264 e. The molecule has 1 amide bonds. The van der Waals surface area contributed by atoms with E-state index in [0.29, 0.717) is 22.4 Å². The van der Waals surface area contributed by atoms with Gasteiger partial charge in [-0.1, -0.05) is 6.92 Å². The van der Waals surface area contributed by atoms with Crippen molar-refractivity contribution in [2.75, 3.05) is 18.6 Å². The minimum Gasteiger partial charge on any atom is -0.482 e. The van der Waals surface area contributed by atoms with E-state index in [9.17, 15) is 14.4 Å². The number of hydrogen-bond donors (Lipinski definition) is 1. The van der Waals surface area contributed by atoms with E-state index in [1.807, 2.05) is 13.0 Å². The van der Waals surface area contributed by atoms with E-state index in [-0.39, 0.29) is 28.6 Å². The van der Waals surface area contributed by atoms with Gasteiger partial charge in [-0.05, 0) is 49.8 Å². The summed E-state index contributed by atoms with van der Waals surface area (Å²) >= 11 is 6.87. The van der Waals surface area contributed by atoms with Crippen LogP contribution < -0.4 is 15.2 Å². The van der Waals surface area contributed by atoms with Crippen LogP contribution >= 0.6 is 23.6 Å². The van der Waals surface area contributed by atoms with Crippen LogP contribution in [-0.2, 0) is 11.2 Å². The van der Waals surface area contributed by atoms with Crippen LogP contribution in [0.15, 0.2) is 29.1 Å². The first kappa shape index (κ1) is 19.5. The highest BCUT2D eigenvalue weighted by atomic mass is 32.1. The third-order valence-corrected chi connectivity index (χ3v) is 6.61. The Labute approximate surface area is 175 Å². The minimum atomic E-state index is -0.802. The van der Waals surface area contributed by atoms with Gasteiger partial charge < -0.3 is 14.6 Å².